The van der Waals surface area contributed by atoms with Gasteiger partial charge in [0.2, 0.25) is 0 Å². The highest BCUT2D eigenvalue weighted by molar-refractivity contribution is 7.99. The lowest BCUT2D eigenvalue weighted by molar-refractivity contribution is 0.290. The fourth-order valence-corrected chi connectivity index (χ4v) is 2.97. The zero-order valence-electron chi connectivity index (χ0n) is 14.8. The second-order valence-electron chi connectivity index (χ2n) is 5.43. The first-order valence-electron chi connectivity index (χ1n) is 8.22. The lowest BCUT2D eigenvalue weighted by Gasteiger charge is -2.08. The fraction of sp³-hybridized carbons (Fsp3) is 0.263. The fourth-order valence-electron chi connectivity index (χ4n) is 2.23. The molecule has 0 unspecified atom stereocenters. The number of nitrogens with zero attached hydrogens (tertiary/aromatic N) is 3. The molecule has 2 aromatic carbocycles. The summed E-state index contributed by atoms with van der Waals surface area (Å²) < 4.78 is 18.5. The van der Waals surface area contributed by atoms with Crippen LogP contribution >= 0.6 is 11.8 Å². The van der Waals surface area contributed by atoms with Gasteiger partial charge in [-0.25, -0.2) is 0 Å². The van der Waals surface area contributed by atoms with Gasteiger partial charge in [0.1, 0.15) is 23.9 Å². The van der Waals surface area contributed by atoms with Crippen LogP contribution in [0.3, 0.4) is 0 Å². The van der Waals surface area contributed by atoms with Gasteiger partial charge in [0.25, 0.3) is 0 Å². The molecule has 0 saturated heterocycles. The zero-order chi connectivity index (χ0) is 18.2. The summed E-state index contributed by atoms with van der Waals surface area (Å²) in [5.41, 5.74) is 0. The summed E-state index contributed by atoms with van der Waals surface area (Å²) in [6, 6.07) is 17.2. The molecule has 136 valence electrons. The minimum atomic E-state index is 0.358. The molecule has 0 N–H and O–H groups in total. The molecule has 3 aromatic rings. The first kappa shape index (κ1) is 18.1. The molecule has 0 aliphatic carbocycles. The third kappa shape index (κ3) is 4.92. The van der Waals surface area contributed by atoms with Gasteiger partial charge in [0.15, 0.2) is 11.0 Å². The third-order valence-corrected chi connectivity index (χ3v) is 4.66. The molecule has 6 nitrogen and oxygen atoms in total. The smallest absolute Gasteiger partial charge is 0.191 e. The lowest BCUT2D eigenvalue weighted by Crippen LogP contribution is -2.05. The maximum absolute atomic E-state index is 5.76. The predicted octanol–water partition coefficient (Wildman–Crippen LogP) is 3.57. The molecule has 0 aliphatic rings. The van der Waals surface area contributed by atoms with E-state index in [1.807, 2.05) is 66.2 Å². The largest absolute Gasteiger partial charge is 0.497 e. The highest BCUT2D eigenvalue weighted by Gasteiger charge is 2.10. The van der Waals surface area contributed by atoms with Crippen LogP contribution in [0.15, 0.2) is 59.8 Å². The van der Waals surface area contributed by atoms with Crippen molar-refractivity contribution in [3.63, 3.8) is 0 Å². The summed E-state index contributed by atoms with van der Waals surface area (Å²) >= 11 is 1.61. The number of methoxy groups -OCH3 is 1. The van der Waals surface area contributed by atoms with E-state index in [1.54, 1.807) is 18.9 Å². The molecule has 0 bridgehead atoms. The van der Waals surface area contributed by atoms with Crippen LogP contribution in [-0.2, 0) is 13.7 Å². The summed E-state index contributed by atoms with van der Waals surface area (Å²) in [5, 5.41) is 9.27. The Labute approximate surface area is 157 Å². The van der Waals surface area contributed by atoms with Crippen LogP contribution in [0.1, 0.15) is 5.82 Å². The van der Waals surface area contributed by atoms with Crippen molar-refractivity contribution in [2.45, 2.75) is 11.8 Å². The quantitative estimate of drug-likeness (QED) is 0.423. The molecular formula is C19H21N3O3S. The van der Waals surface area contributed by atoms with Crippen LogP contribution in [0.25, 0.3) is 0 Å². The Kier molecular flexibility index (Phi) is 6.38. The van der Waals surface area contributed by atoms with Crippen LogP contribution < -0.4 is 14.2 Å². The maximum atomic E-state index is 5.76. The first-order chi connectivity index (χ1) is 12.8. The second kappa shape index (κ2) is 9.15. The molecule has 3 rings (SSSR count). The van der Waals surface area contributed by atoms with Crippen molar-refractivity contribution >= 4 is 11.8 Å². The predicted molar refractivity (Wildman–Crippen MR) is 101 cm³/mol. The molecule has 0 fully saturated rings. The molecule has 0 aliphatic heterocycles. The molecular weight excluding hydrogens is 350 g/mol. The van der Waals surface area contributed by atoms with Crippen molar-refractivity contribution in [3.05, 3.63) is 60.4 Å². The second-order valence-corrected chi connectivity index (χ2v) is 6.49. The number of hydrogen-bond acceptors (Lipinski definition) is 6. The van der Waals surface area contributed by atoms with Crippen molar-refractivity contribution in [1.29, 1.82) is 0 Å². The van der Waals surface area contributed by atoms with Gasteiger partial charge < -0.3 is 18.8 Å². The van der Waals surface area contributed by atoms with Crippen LogP contribution in [0.4, 0.5) is 0 Å². The number of aromatic nitrogens is 3. The Morgan fingerprint density at radius 3 is 2.31 bits per heavy atom. The highest BCUT2D eigenvalue weighted by atomic mass is 32.2. The van der Waals surface area contributed by atoms with Gasteiger partial charge in [-0.05, 0) is 36.4 Å². The Bertz CT molecular complexity index is 807. The van der Waals surface area contributed by atoms with E-state index in [-0.39, 0.29) is 0 Å². The van der Waals surface area contributed by atoms with E-state index in [0.717, 1.165) is 34.0 Å². The van der Waals surface area contributed by atoms with Gasteiger partial charge in [-0.2, -0.15) is 0 Å². The van der Waals surface area contributed by atoms with Gasteiger partial charge in [-0.15, -0.1) is 10.2 Å². The lowest BCUT2D eigenvalue weighted by atomic mass is 10.3. The minimum Gasteiger partial charge on any atom is -0.497 e. The Hall–Kier alpha value is -2.67. The van der Waals surface area contributed by atoms with Gasteiger partial charge in [-0.3, -0.25) is 0 Å². The van der Waals surface area contributed by atoms with Crippen molar-refractivity contribution < 1.29 is 14.2 Å². The van der Waals surface area contributed by atoms with Crippen LogP contribution in [0, 0.1) is 0 Å². The summed E-state index contributed by atoms with van der Waals surface area (Å²) in [7, 11) is 3.58. The SMILES string of the molecule is COc1ccc(OCc2nnc(SCCOc3ccccc3)n2C)cc1. The van der Waals surface area contributed by atoms with Gasteiger partial charge >= 0.3 is 0 Å². The number of ether oxygens (including phenoxy) is 3. The van der Waals surface area contributed by atoms with Crippen LogP contribution in [0.2, 0.25) is 0 Å². The number of thioether (sulfide) groups is 1. The average Bonchev–Trinajstić information content (AvgIpc) is 3.04. The van der Waals surface area contributed by atoms with Crippen LogP contribution in [-0.4, -0.2) is 34.2 Å². The van der Waals surface area contributed by atoms with Crippen LogP contribution in [0.5, 0.6) is 17.2 Å². The van der Waals surface area contributed by atoms with Crippen molar-refractivity contribution in [1.82, 2.24) is 14.8 Å². The molecule has 1 aromatic heterocycles. The minimum absolute atomic E-state index is 0.358. The first-order valence-corrected chi connectivity index (χ1v) is 9.20. The van der Waals surface area contributed by atoms with Crippen molar-refractivity contribution in [2.75, 3.05) is 19.5 Å². The monoisotopic (exact) mass is 371 g/mol. The third-order valence-electron chi connectivity index (χ3n) is 3.68. The summed E-state index contributed by atoms with van der Waals surface area (Å²) in [6.07, 6.45) is 0. The molecule has 0 amide bonds. The maximum Gasteiger partial charge on any atom is 0.191 e. The number of benzene rings is 2. The van der Waals surface area contributed by atoms with E-state index in [2.05, 4.69) is 10.2 Å². The van der Waals surface area contributed by atoms with Crippen molar-refractivity contribution in [3.8, 4) is 17.2 Å². The van der Waals surface area contributed by atoms with E-state index in [1.165, 1.54) is 0 Å². The van der Waals surface area contributed by atoms with E-state index in [4.69, 9.17) is 14.2 Å². The number of para-hydroxylation sites is 1. The molecule has 7 heteroatoms. The normalized spacial score (nSPS) is 10.5. The van der Waals surface area contributed by atoms with E-state index in [0.29, 0.717) is 13.2 Å². The highest BCUT2D eigenvalue weighted by Crippen LogP contribution is 2.20. The summed E-state index contributed by atoms with van der Waals surface area (Å²) in [4.78, 5) is 0. The topological polar surface area (TPSA) is 58.4 Å². The standard InChI is InChI=1S/C19H21N3O3S/c1-22-18(14-25-17-10-8-15(23-2)9-11-17)20-21-19(22)26-13-12-24-16-6-4-3-5-7-16/h3-11H,12-14H2,1-2H3. The number of rotatable bonds is 9. The molecule has 0 spiro atoms. The zero-order valence-corrected chi connectivity index (χ0v) is 15.6. The Morgan fingerprint density at radius 1 is 0.885 bits per heavy atom. The van der Waals surface area contributed by atoms with E-state index in [9.17, 15) is 0 Å². The van der Waals surface area contributed by atoms with Gasteiger partial charge in [0.05, 0.1) is 13.7 Å². The number of hydrogen-bond donors (Lipinski definition) is 0. The van der Waals surface area contributed by atoms with E-state index >= 15 is 0 Å². The molecule has 26 heavy (non-hydrogen) atoms. The van der Waals surface area contributed by atoms with Crippen molar-refractivity contribution in [2.24, 2.45) is 7.05 Å². The van der Waals surface area contributed by atoms with E-state index < -0.39 is 0 Å². The Balaban J connectivity index is 1.46. The van der Waals surface area contributed by atoms with Gasteiger partial charge in [0, 0.05) is 12.8 Å². The molecule has 1 heterocycles. The van der Waals surface area contributed by atoms with Gasteiger partial charge in [-0.1, -0.05) is 30.0 Å². The Morgan fingerprint density at radius 2 is 1.58 bits per heavy atom. The summed E-state index contributed by atoms with van der Waals surface area (Å²) in [6.45, 7) is 0.968. The average molecular weight is 371 g/mol. The molecule has 0 saturated carbocycles. The molecule has 0 atom stereocenters. The molecule has 0 radical (unpaired) electrons. The summed E-state index contributed by atoms with van der Waals surface area (Å²) in [5.74, 6) is 4.00.